The van der Waals surface area contributed by atoms with Gasteiger partial charge in [0.25, 0.3) is 0 Å². The molecule has 2 aliphatic rings. The maximum absolute atomic E-state index is 12.6. The molecule has 0 unspecified atom stereocenters. The van der Waals surface area contributed by atoms with E-state index in [9.17, 15) is 9.59 Å². The molecule has 0 spiro atoms. The number of hydrogen-bond donors (Lipinski definition) is 2. The molecule has 2 fully saturated rings. The highest BCUT2D eigenvalue weighted by Crippen LogP contribution is 2.50. The monoisotopic (exact) mass is 363 g/mol. The summed E-state index contributed by atoms with van der Waals surface area (Å²) in [5, 5.41) is 8.23. The van der Waals surface area contributed by atoms with E-state index in [0.29, 0.717) is 5.92 Å². The third-order valence-corrected chi connectivity index (χ3v) is 6.19. The summed E-state index contributed by atoms with van der Waals surface area (Å²) in [6.45, 7) is 8.23. The second-order valence-corrected chi connectivity index (χ2v) is 9.33. The number of piperidine rings is 1. The molecule has 6 heteroatoms. The van der Waals surface area contributed by atoms with Crippen LogP contribution in [-0.4, -0.2) is 42.0 Å². The van der Waals surface area contributed by atoms with E-state index in [2.05, 4.69) is 16.7 Å². The van der Waals surface area contributed by atoms with E-state index in [1.165, 1.54) is 4.88 Å². The maximum atomic E-state index is 12.6. The van der Waals surface area contributed by atoms with Crippen LogP contribution in [0.2, 0.25) is 0 Å². The lowest BCUT2D eigenvalue weighted by Gasteiger charge is -2.34. The second kappa shape index (κ2) is 6.98. The SMILES string of the molecule is CC(C)(C)NC(=O)N1CCC(CNC(=O)C2(c3cccs3)CC2)CC1. The van der Waals surface area contributed by atoms with Gasteiger partial charge >= 0.3 is 6.03 Å². The topological polar surface area (TPSA) is 61.4 Å². The van der Waals surface area contributed by atoms with Crippen LogP contribution in [0.1, 0.15) is 51.3 Å². The fraction of sp³-hybridized carbons (Fsp3) is 0.684. The first-order valence-corrected chi connectivity index (χ1v) is 10.1. The summed E-state index contributed by atoms with van der Waals surface area (Å²) in [4.78, 5) is 27.9. The highest BCUT2D eigenvalue weighted by molar-refractivity contribution is 7.10. The van der Waals surface area contributed by atoms with Crippen LogP contribution in [-0.2, 0) is 10.2 Å². The molecule has 2 heterocycles. The van der Waals surface area contributed by atoms with Crippen LogP contribution in [0, 0.1) is 5.92 Å². The van der Waals surface area contributed by atoms with Crippen LogP contribution in [0.25, 0.3) is 0 Å². The van der Waals surface area contributed by atoms with Crippen molar-refractivity contribution in [1.29, 1.82) is 0 Å². The van der Waals surface area contributed by atoms with E-state index in [1.54, 1.807) is 11.3 Å². The van der Waals surface area contributed by atoms with Crippen molar-refractivity contribution in [3.8, 4) is 0 Å². The normalized spacial score (nSPS) is 20.2. The molecule has 1 saturated heterocycles. The molecule has 0 bridgehead atoms. The van der Waals surface area contributed by atoms with Gasteiger partial charge in [0.1, 0.15) is 0 Å². The van der Waals surface area contributed by atoms with Crippen LogP contribution >= 0.6 is 11.3 Å². The Labute approximate surface area is 154 Å². The van der Waals surface area contributed by atoms with Crippen molar-refractivity contribution in [2.75, 3.05) is 19.6 Å². The van der Waals surface area contributed by atoms with E-state index in [1.807, 2.05) is 37.1 Å². The minimum Gasteiger partial charge on any atom is -0.355 e. The zero-order valence-corrected chi connectivity index (χ0v) is 16.2. The predicted molar refractivity (Wildman–Crippen MR) is 101 cm³/mol. The average molecular weight is 364 g/mol. The minimum absolute atomic E-state index is 0.0182. The zero-order chi connectivity index (χ0) is 18.1. The quantitative estimate of drug-likeness (QED) is 0.863. The lowest BCUT2D eigenvalue weighted by atomic mass is 9.96. The van der Waals surface area contributed by atoms with Gasteiger partial charge in [0, 0.05) is 30.1 Å². The van der Waals surface area contributed by atoms with Crippen molar-refractivity contribution < 1.29 is 9.59 Å². The average Bonchev–Trinajstić information content (AvgIpc) is 3.18. The van der Waals surface area contributed by atoms with E-state index in [-0.39, 0.29) is 22.9 Å². The molecule has 0 aromatic carbocycles. The molecule has 2 N–H and O–H groups in total. The number of urea groups is 1. The number of carbonyl (C=O) groups is 2. The van der Waals surface area contributed by atoms with Gasteiger partial charge < -0.3 is 15.5 Å². The highest BCUT2D eigenvalue weighted by Gasteiger charge is 2.52. The summed E-state index contributed by atoms with van der Waals surface area (Å²) in [6, 6.07) is 4.11. The molecule has 138 valence electrons. The number of carbonyl (C=O) groups excluding carboxylic acids is 2. The number of likely N-dealkylation sites (tertiary alicyclic amines) is 1. The van der Waals surface area contributed by atoms with Gasteiger partial charge in [0.2, 0.25) is 5.91 Å². The summed E-state index contributed by atoms with van der Waals surface area (Å²) >= 11 is 1.68. The number of rotatable bonds is 4. The van der Waals surface area contributed by atoms with E-state index >= 15 is 0 Å². The Morgan fingerprint density at radius 1 is 1.28 bits per heavy atom. The Hall–Kier alpha value is -1.56. The van der Waals surface area contributed by atoms with Crippen molar-refractivity contribution in [1.82, 2.24) is 15.5 Å². The Balaban J connectivity index is 1.43. The molecule has 1 aromatic heterocycles. The summed E-state index contributed by atoms with van der Waals surface area (Å²) in [6.07, 6.45) is 3.82. The molecule has 25 heavy (non-hydrogen) atoms. The largest absolute Gasteiger partial charge is 0.355 e. The Morgan fingerprint density at radius 2 is 1.96 bits per heavy atom. The Bertz CT molecular complexity index is 609. The first-order valence-electron chi connectivity index (χ1n) is 9.19. The van der Waals surface area contributed by atoms with E-state index in [0.717, 1.165) is 45.3 Å². The van der Waals surface area contributed by atoms with Crippen LogP contribution in [0.4, 0.5) is 4.79 Å². The van der Waals surface area contributed by atoms with Gasteiger partial charge in [-0.25, -0.2) is 4.79 Å². The smallest absolute Gasteiger partial charge is 0.317 e. The maximum Gasteiger partial charge on any atom is 0.317 e. The van der Waals surface area contributed by atoms with Crippen LogP contribution < -0.4 is 10.6 Å². The molecule has 1 saturated carbocycles. The van der Waals surface area contributed by atoms with Crippen LogP contribution in [0.3, 0.4) is 0 Å². The summed E-state index contributed by atoms with van der Waals surface area (Å²) < 4.78 is 0. The zero-order valence-electron chi connectivity index (χ0n) is 15.4. The van der Waals surface area contributed by atoms with Gasteiger partial charge in [-0.05, 0) is 63.8 Å². The summed E-state index contributed by atoms with van der Waals surface area (Å²) in [5.74, 6) is 0.643. The first-order chi connectivity index (χ1) is 11.8. The van der Waals surface area contributed by atoms with Crippen molar-refractivity contribution in [2.24, 2.45) is 5.92 Å². The number of thiophene rings is 1. The molecule has 5 nitrogen and oxygen atoms in total. The molecule has 1 aromatic rings. The lowest BCUT2D eigenvalue weighted by Crippen LogP contribution is -2.51. The first kappa shape index (κ1) is 18.2. The standard InChI is InChI=1S/C19H29N3O2S/c1-18(2,3)21-17(24)22-10-6-14(7-11-22)13-20-16(23)19(8-9-19)15-5-4-12-25-15/h4-5,12,14H,6-11,13H2,1-3H3,(H,20,23)(H,21,24). The van der Waals surface area contributed by atoms with E-state index < -0.39 is 0 Å². The highest BCUT2D eigenvalue weighted by atomic mass is 32.1. The Kier molecular flexibility index (Phi) is 5.09. The van der Waals surface area contributed by atoms with E-state index in [4.69, 9.17) is 0 Å². The molecule has 1 aliphatic carbocycles. The van der Waals surface area contributed by atoms with Crippen LogP contribution in [0.5, 0.6) is 0 Å². The summed E-state index contributed by atoms with van der Waals surface area (Å²) in [7, 11) is 0. The second-order valence-electron chi connectivity index (χ2n) is 8.38. The van der Waals surface area contributed by atoms with Gasteiger partial charge in [-0.15, -0.1) is 11.3 Å². The van der Waals surface area contributed by atoms with Gasteiger partial charge in [-0.2, -0.15) is 0 Å². The van der Waals surface area contributed by atoms with Gasteiger partial charge in [-0.3, -0.25) is 4.79 Å². The van der Waals surface area contributed by atoms with Crippen molar-refractivity contribution in [3.05, 3.63) is 22.4 Å². The molecule has 3 amide bonds. The van der Waals surface area contributed by atoms with Gasteiger partial charge in [-0.1, -0.05) is 6.07 Å². The molecule has 0 radical (unpaired) electrons. The number of hydrogen-bond acceptors (Lipinski definition) is 3. The molecule has 1 aliphatic heterocycles. The summed E-state index contributed by atoms with van der Waals surface area (Å²) in [5.41, 5.74) is -0.455. The number of nitrogens with one attached hydrogen (secondary N) is 2. The van der Waals surface area contributed by atoms with Crippen LogP contribution in [0.15, 0.2) is 17.5 Å². The van der Waals surface area contributed by atoms with Gasteiger partial charge in [0.05, 0.1) is 5.41 Å². The fourth-order valence-corrected chi connectivity index (χ4v) is 4.39. The molecular formula is C19H29N3O2S. The molecular weight excluding hydrogens is 334 g/mol. The number of nitrogens with zero attached hydrogens (tertiary/aromatic N) is 1. The fourth-order valence-electron chi connectivity index (χ4n) is 3.41. The number of amides is 3. The molecule has 0 atom stereocenters. The Morgan fingerprint density at radius 3 is 2.48 bits per heavy atom. The predicted octanol–water partition coefficient (Wildman–Crippen LogP) is 3.12. The van der Waals surface area contributed by atoms with Crippen molar-refractivity contribution in [2.45, 2.75) is 57.4 Å². The third kappa shape index (κ3) is 4.35. The van der Waals surface area contributed by atoms with Crippen molar-refractivity contribution in [3.63, 3.8) is 0 Å². The van der Waals surface area contributed by atoms with Crippen molar-refractivity contribution >= 4 is 23.3 Å². The third-order valence-electron chi connectivity index (χ3n) is 5.11. The minimum atomic E-state index is -0.249. The molecule has 3 rings (SSSR count). The lowest BCUT2D eigenvalue weighted by molar-refractivity contribution is -0.123. The van der Waals surface area contributed by atoms with Gasteiger partial charge in [0.15, 0.2) is 0 Å².